The molecule has 4 heteroatoms. The molecule has 2 N–H and O–H groups in total. The van der Waals surface area contributed by atoms with Gasteiger partial charge < -0.3 is 10.6 Å². The van der Waals surface area contributed by atoms with Gasteiger partial charge in [0, 0.05) is 32.2 Å². The normalized spacial score (nSPS) is 18.6. The number of nitrogens with zero attached hydrogens (tertiary/aromatic N) is 1. The lowest BCUT2D eigenvalue weighted by atomic mass is 10.0. The minimum Gasteiger partial charge on any atom is -0.358 e. The van der Waals surface area contributed by atoms with E-state index in [-0.39, 0.29) is 5.91 Å². The van der Waals surface area contributed by atoms with Crippen molar-refractivity contribution in [3.8, 4) is 0 Å². The van der Waals surface area contributed by atoms with Gasteiger partial charge in [0.1, 0.15) is 0 Å². The summed E-state index contributed by atoms with van der Waals surface area (Å²) in [6.45, 7) is 9.16. The van der Waals surface area contributed by atoms with E-state index < -0.39 is 0 Å². The molecule has 1 saturated heterocycles. The topological polar surface area (TPSA) is 44.4 Å². The first-order valence-corrected chi connectivity index (χ1v) is 7.83. The van der Waals surface area contributed by atoms with Crippen LogP contribution in [-0.2, 0) is 4.79 Å². The number of allylic oxidation sites excluding steroid dienone is 2. The van der Waals surface area contributed by atoms with Crippen LogP contribution >= 0.6 is 0 Å². The van der Waals surface area contributed by atoms with Gasteiger partial charge >= 0.3 is 0 Å². The predicted molar refractivity (Wildman–Crippen MR) is 84.8 cm³/mol. The number of carbonyl (C=O) groups is 1. The smallest absolute Gasteiger partial charge is 0.233 e. The molecule has 0 saturated carbocycles. The highest BCUT2D eigenvalue weighted by Crippen LogP contribution is 2.12. The molecule has 20 heavy (non-hydrogen) atoms. The molecule has 4 nitrogen and oxygen atoms in total. The minimum atomic E-state index is 0.117. The van der Waals surface area contributed by atoms with Crippen LogP contribution in [0.2, 0.25) is 0 Å². The third kappa shape index (κ3) is 7.06. The summed E-state index contributed by atoms with van der Waals surface area (Å²) in [6.07, 6.45) is 6.95. The standard InChI is InChI=1S/C16H31N3O/c1-13(2)6-5-7-14(3)18-15-8-10-19(11-9-15)12-16(20)17-4/h6,14-15,18H,5,7-12H2,1-4H3,(H,17,20)/t14-/m0/s1. The van der Waals surface area contributed by atoms with Crippen molar-refractivity contribution in [2.24, 2.45) is 0 Å². The van der Waals surface area contributed by atoms with Gasteiger partial charge in [-0.25, -0.2) is 0 Å². The van der Waals surface area contributed by atoms with E-state index in [9.17, 15) is 4.79 Å². The van der Waals surface area contributed by atoms with Crippen LogP contribution in [-0.4, -0.2) is 49.6 Å². The molecule has 0 unspecified atom stereocenters. The summed E-state index contributed by atoms with van der Waals surface area (Å²) in [7, 11) is 1.70. The van der Waals surface area contributed by atoms with E-state index in [1.165, 1.54) is 12.0 Å². The highest BCUT2D eigenvalue weighted by Gasteiger charge is 2.21. The summed E-state index contributed by atoms with van der Waals surface area (Å²) in [5.41, 5.74) is 1.40. The van der Waals surface area contributed by atoms with Gasteiger partial charge in [0.15, 0.2) is 0 Å². The third-order valence-corrected chi connectivity index (χ3v) is 3.91. The average Bonchev–Trinajstić information content (AvgIpc) is 2.40. The largest absolute Gasteiger partial charge is 0.358 e. The van der Waals surface area contributed by atoms with E-state index in [2.05, 4.69) is 42.4 Å². The van der Waals surface area contributed by atoms with Gasteiger partial charge in [0.2, 0.25) is 5.91 Å². The zero-order chi connectivity index (χ0) is 15.0. The van der Waals surface area contributed by atoms with Crippen molar-refractivity contribution >= 4 is 5.91 Å². The molecule has 1 atom stereocenters. The maximum atomic E-state index is 11.3. The number of likely N-dealkylation sites (tertiary alicyclic amines) is 1. The van der Waals surface area contributed by atoms with Gasteiger partial charge in [-0.3, -0.25) is 9.69 Å². The van der Waals surface area contributed by atoms with Crippen molar-refractivity contribution in [2.45, 2.75) is 58.5 Å². The minimum absolute atomic E-state index is 0.117. The lowest BCUT2D eigenvalue weighted by molar-refractivity contribution is -0.122. The quantitative estimate of drug-likeness (QED) is 0.701. The van der Waals surface area contributed by atoms with Crippen molar-refractivity contribution in [2.75, 3.05) is 26.7 Å². The lowest BCUT2D eigenvalue weighted by Crippen LogP contribution is -2.47. The fraction of sp³-hybridized carbons (Fsp3) is 0.812. The van der Waals surface area contributed by atoms with Gasteiger partial charge in [-0.2, -0.15) is 0 Å². The Morgan fingerprint density at radius 1 is 1.35 bits per heavy atom. The molecule has 0 aromatic rings. The molecule has 1 aliphatic heterocycles. The first-order valence-electron chi connectivity index (χ1n) is 7.83. The molecule has 0 radical (unpaired) electrons. The zero-order valence-corrected chi connectivity index (χ0v) is 13.5. The Kier molecular flexibility index (Phi) is 7.85. The molecule has 0 spiro atoms. The molecule has 1 rings (SSSR count). The molecule has 1 aliphatic rings. The molecule has 1 fully saturated rings. The molecule has 116 valence electrons. The van der Waals surface area contributed by atoms with E-state index in [0.717, 1.165) is 32.4 Å². The Labute approximate surface area is 124 Å². The van der Waals surface area contributed by atoms with E-state index in [4.69, 9.17) is 0 Å². The molecule has 0 aromatic heterocycles. The first kappa shape index (κ1) is 17.2. The van der Waals surface area contributed by atoms with Crippen molar-refractivity contribution in [3.63, 3.8) is 0 Å². The Morgan fingerprint density at radius 2 is 2.00 bits per heavy atom. The highest BCUT2D eigenvalue weighted by atomic mass is 16.1. The molecule has 0 bridgehead atoms. The number of hydrogen-bond donors (Lipinski definition) is 2. The van der Waals surface area contributed by atoms with Gasteiger partial charge in [0.25, 0.3) is 0 Å². The number of rotatable bonds is 7. The number of likely N-dealkylation sites (N-methyl/N-ethyl adjacent to an activating group) is 1. The summed E-state index contributed by atoms with van der Waals surface area (Å²) in [6, 6.07) is 1.18. The van der Waals surface area contributed by atoms with Gasteiger partial charge in [-0.1, -0.05) is 11.6 Å². The predicted octanol–water partition coefficient (Wildman–Crippen LogP) is 1.92. The van der Waals surface area contributed by atoms with Gasteiger partial charge in [-0.15, -0.1) is 0 Å². The summed E-state index contributed by atoms with van der Waals surface area (Å²) in [5, 5.41) is 6.41. The second kappa shape index (κ2) is 9.14. The van der Waals surface area contributed by atoms with Crippen LogP contribution in [0.1, 0.15) is 46.5 Å². The van der Waals surface area contributed by atoms with Crippen LogP contribution in [0.15, 0.2) is 11.6 Å². The second-order valence-electron chi connectivity index (χ2n) is 6.15. The van der Waals surface area contributed by atoms with Gasteiger partial charge in [0.05, 0.1) is 6.54 Å². The monoisotopic (exact) mass is 281 g/mol. The number of nitrogens with one attached hydrogen (secondary N) is 2. The van der Waals surface area contributed by atoms with E-state index in [1.807, 2.05) is 0 Å². The van der Waals surface area contributed by atoms with E-state index in [0.29, 0.717) is 18.6 Å². The van der Waals surface area contributed by atoms with E-state index in [1.54, 1.807) is 7.05 Å². The van der Waals surface area contributed by atoms with Crippen LogP contribution in [0.3, 0.4) is 0 Å². The second-order valence-corrected chi connectivity index (χ2v) is 6.15. The van der Waals surface area contributed by atoms with Crippen LogP contribution < -0.4 is 10.6 Å². The van der Waals surface area contributed by atoms with Crippen molar-refractivity contribution < 1.29 is 4.79 Å². The molecule has 0 aromatic carbocycles. The zero-order valence-electron chi connectivity index (χ0n) is 13.5. The summed E-state index contributed by atoms with van der Waals surface area (Å²) < 4.78 is 0. The number of amides is 1. The Hall–Kier alpha value is -0.870. The van der Waals surface area contributed by atoms with E-state index >= 15 is 0 Å². The maximum absolute atomic E-state index is 11.3. The first-order chi connectivity index (χ1) is 9.51. The average molecular weight is 281 g/mol. The molecular weight excluding hydrogens is 250 g/mol. The summed E-state index contributed by atoms with van der Waals surface area (Å²) in [5.74, 6) is 0.117. The Bertz CT molecular complexity index is 316. The molecule has 1 heterocycles. The summed E-state index contributed by atoms with van der Waals surface area (Å²) in [4.78, 5) is 13.6. The van der Waals surface area contributed by atoms with Crippen molar-refractivity contribution in [1.82, 2.24) is 15.5 Å². The molecule has 0 aliphatic carbocycles. The number of hydrogen-bond acceptors (Lipinski definition) is 3. The third-order valence-electron chi connectivity index (χ3n) is 3.91. The highest BCUT2D eigenvalue weighted by molar-refractivity contribution is 5.77. The summed E-state index contributed by atoms with van der Waals surface area (Å²) >= 11 is 0. The van der Waals surface area contributed by atoms with Crippen LogP contribution in [0.5, 0.6) is 0 Å². The fourth-order valence-electron chi connectivity index (χ4n) is 2.65. The number of piperidine rings is 1. The number of carbonyl (C=O) groups excluding carboxylic acids is 1. The van der Waals surface area contributed by atoms with Crippen molar-refractivity contribution in [1.29, 1.82) is 0 Å². The Morgan fingerprint density at radius 3 is 2.55 bits per heavy atom. The fourth-order valence-corrected chi connectivity index (χ4v) is 2.65. The van der Waals surface area contributed by atoms with Crippen LogP contribution in [0, 0.1) is 0 Å². The molecule has 1 amide bonds. The molecular formula is C16H31N3O. The SMILES string of the molecule is CNC(=O)CN1CCC(N[C@@H](C)CCC=C(C)C)CC1. The maximum Gasteiger partial charge on any atom is 0.233 e. The van der Waals surface area contributed by atoms with Gasteiger partial charge in [-0.05, 0) is 46.5 Å². The van der Waals surface area contributed by atoms with Crippen LogP contribution in [0.25, 0.3) is 0 Å². The van der Waals surface area contributed by atoms with Crippen molar-refractivity contribution in [3.05, 3.63) is 11.6 Å². The van der Waals surface area contributed by atoms with Crippen LogP contribution in [0.4, 0.5) is 0 Å². The Balaban J connectivity index is 2.18. The lowest BCUT2D eigenvalue weighted by Gasteiger charge is -2.33.